The third-order valence-electron chi connectivity index (χ3n) is 6.01. The topological polar surface area (TPSA) is 204 Å². The smallest absolute Gasteiger partial charge is 0.404 e. The number of carboxylic acid groups (broad SMARTS) is 2. The van der Waals surface area contributed by atoms with Crippen molar-refractivity contribution in [2.75, 3.05) is 18.6 Å². The minimum atomic E-state index is -1.28. The van der Waals surface area contributed by atoms with Crippen LogP contribution in [0.15, 0.2) is 46.2 Å². The summed E-state index contributed by atoms with van der Waals surface area (Å²) in [4.78, 5) is 59.7. The van der Waals surface area contributed by atoms with Crippen LogP contribution in [0.1, 0.15) is 21.7 Å². The molecule has 16 heteroatoms. The largest absolute Gasteiger partial charge is 0.477 e. The van der Waals surface area contributed by atoms with Gasteiger partial charge in [-0.15, -0.1) is 23.1 Å². The molecule has 2 atom stereocenters. The molecule has 5 heterocycles. The number of thioether (sulfide) groups is 1. The highest BCUT2D eigenvalue weighted by Gasteiger charge is 2.54. The number of β-lactam (4-membered cyclic amide) rings is 1. The van der Waals surface area contributed by atoms with E-state index in [0.717, 1.165) is 16.2 Å². The number of aliphatic carboxylic acids is 1. The number of rotatable bonds is 8. The molecule has 2 amide bonds. The number of pyridine rings is 1. The van der Waals surface area contributed by atoms with E-state index in [9.17, 15) is 29.4 Å². The molecule has 6 N–H and O–H groups in total. The van der Waals surface area contributed by atoms with E-state index >= 15 is 0 Å². The molecule has 3 aromatic heterocycles. The fourth-order valence-electron chi connectivity index (χ4n) is 4.37. The van der Waals surface area contributed by atoms with Crippen LogP contribution in [-0.4, -0.2) is 78.9 Å². The Morgan fingerprint density at radius 1 is 1.34 bits per heavy atom. The Bertz CT molecular complexity index is 1560. The van der Waals surface area contributed by atoms with Crippen molar-refractivity contribution in [1.29, 1.82) is 0 Å². The zero-order chi connectivity index (χ0) is 27.1. The Hall–Kier alpha value is -4.44. The van der Waals surface area contributed by atoms with E-state index in [1.54, 1.807) is 18.3 Å². The second-order valence-electron chi connectivity index (χ2n) is 8.22. The molecule has 0 unspecified atom stereocenters. The van der Waals surface area contributed by atoms with E-state index in [2.05, 4.69) is 20.6 Å². The van der Waals surface area contributed by atoms with Gasteiger partial charge in [0.05, 0.1) is 11.8 Å². The highest BCUT2D eigenvalue weighted by molar-refractivity contribution is 8.00. The zero-order valence-corrected chi connectivity index (χ0v) is 21.2. The molecule has 196 valence electrons. The summed E-state index contributed by atoms with van der Waals surface area (Å²) in [6, 6.07) is 3.77. The zero-order valence-electron chi connectivity index (χ0n) is 19.6. The number of thiazole rings is 1. The second kappa shape index (κ2) is 9.79. The molecule has 0 spiro atoms. The summed E-state index contributed by atoms with van der Waals surface area (Å²) in [6.45, 7) is 0. The van der Waals surface area contributed by atoms with Crippen molar-refractivity contribution in [1.82, 2.24) is 20.3 Å². The van der Waals surface area contributed by atoms with Crippen molar-refractivity contribution >= 4 is 63.2 Å². The van der Waals surface area contributed by atoms with Crippen LogP contribution in [0.4, 0.5) is 5.13 Å². The number of nitrogens with two attached hydrogens (primary N) is 1. The Kier molecular flexibility index (Phi) is 6.50. The van der Waals surface area contributed by atoms with E-state index in [4.69, 9.17) is 10.6 Å². The standard InChI is InChI=1S/C22H19N7O7S2/c1-36-27-14(11-8-38-22(23)25-11)17(30)26-15-18(31)28-16(21(34)35)10(7-37-19(15)28)5-9-6-24-29-12(9)3-2-4-13(29)20(32)33/h2-4,6,8,15,19H,5,7H2,1H3,(H5,23,25,26,30,32,33,34,35)/p+1/t15-,19+/m1/s1. The van der Waals surface area contributed by atoms with Gasteiger partial charge in [-0.2, -0.15) is 5.10 Å². The SMILES string of the molecule is CON=C(C(=O)N[C@@H]1C(=O)N2C(C(=O)O)=C(Cc3c[nH][n+]4c(C(=O)O)cccc34)CS[C@@H]12)c1csc(N)n1. The number of hydrogen-bond donors (Lipinski definition) is 5. The van der Waals surface area contributed by atoms with Gasteiger partial charge in [0.1, 0.15) is 29.9 Å². The van der Waals surface area contributed by atoms with Crippen LogP contribution in [0.3, 0.4) is 0 Å². The average Bonchev–Trinajstić information content (AvgIpc) is 3.51. The summed E-state index contributed by atoms with van der Waals surface area (Å²) in [7, 11) is 1.26. The number of anilines is 1. The molecular weight excluding hydrogens is 538 g/mol. The molecule has 3 aromatic rings. The van der Waals surface area contributed by atoms with E-state index in [1.165, 1.54) is 34.8 Å². The Morgan fingerprint density at radius 2 is 2.13 bits per heavy atom. The molecule has 0 radical (unpaired) electrons. The summed E-state index contributed by atoms with van der Waals surface area (Å²) in [6.07, 6.45) is 1.78. The monoisotopic (exact) mass is 558 g/mol. The van der Waals surface area contributed by atoms with Gasteiger partial charge in [0, 0.05) is 29.7 Å². The maximum Gasteiger partial charge on any atom is 0.404 e. The maximum atomic E-state index is 13.1. The van der Waals surface area contributed by atoms with E-state index in [0.29, 0.717) is 16.7 Å². The lowest BCUT2D eigenvalue weighted by atomic mass is 9.99. The van der Waals surface area contributed by atoms with Gasteiger partial charge in [0.15, 0.2) is 10.8 Å². The molecule has 1 fully saturated rings. The Morgan fingerprint density at radius 3 is 2.79 bits per heavy atom. The first-order valence-electron chi connectivity index (χ1n) is 11.0. The van der Waals surface area contributed by atoms with E-state index in [1.807, 2.05) is 0 Å². The second-order valence-corrected chi connectivity index (χ2v) is 10.2. The maximum absolute atomic E-state index is 13.1. The molecule has 0 bridgehead atoms. The number of fused-ring (bicyclic) bond motifs is 2. The van der Waals surface area contributed by atoms with Gasteiger partial charge in [0.25, 0.3) is 11.8 Å². The number of carbonyl (C=O) groups is 4. The van der Waals surface area contributed by atoms with E-state index < -0.39 is 35.2 Å². The third-order valence-corrected chi connectivity index (χ3v) is 8.02. The van der Waals surface area contributed by atoms with Crippen molar-refractivity contribution in [2.45, 2.75) is 17.8 Å². The molecule has 2 aliphatic rings. The lowest BCUT2D eigenvalue weighted by Crippen LogP contribution is -2.71. The predicted octanol–water partition coefficient (Wildman–Crippen LogP) is -0.178. The number of H-pyrrole nitrogens is 1. The number of aromatic amines is 1. The molecule has 38 heavy (non-hydrogen) atoms. The number of nitrogens with one attached hydrogen (secondary N) is 2. The molecule has 14 nitrogen and oxygen atoms in total. The number of carbonyl (C=O) groups excluding carboxylic acids is 2. The molecular formula is C22H20N7O7S2+. The number of hydrogen-bond acceptors (Lipinski definition) is 10. The molecule has 5 rings (SSSR count). The fraction of sp³-hybridized carbons (Fsp3) is 0.227. The number of carboxylic acids is 2. The predicted molar refractivity (Wildman–Crippen MR) is 134 cm³/mol. The third kappa shape index (κ3) is 4.22. The summed E-state index contributed by atoms with van der Waals surface area (Å²) in [5.41, 5.74) is 7.25. The number of nitrogens with zero attached hydrogens (tertiary/aromatic N) is 4. The average molecular weight is 559 g/mol. The normalized spacial score (nSPS) is 19.2. The summed E-state index contributed by atoms with van der Waals surface area (Å²) in [5, 5.41) is 29.7. The minimum Gasteiger partial charge on any atom is -0.477 e. The van der Waals surface area contributed by atoms with Gasteiger partial charge in [-0.3, -0.25) is 14.5 Å². The highest BCUT2D eigenvalue weighted by atomic mass is 32.2. The van der Waals surface area contributed by atoms with Crippen molar-refractivity contribution in [2.24, 2.45) is 5.16 Å². The van der Waals surface area contributed by atoms with Crippen LogP contribution in [0.25, 0.3) is 5.52 Å². The lowest BCUT2D eigenvalue weighted by Gasteiger charge is -2.49. The van der Waals surface area contributed by atoms with Crippen molar-refractivity contribution in [3.8, 4) is 0 Å². The van der Waals surface area contributed by atoms with Gasteiger partial charge in [-0.25, -0.2) is 14.6 Å². The summed E-state index contributed by atoms with van der Waals surface area (Å²) >= 11 is 2.42. The van der Waals surface area contributed by atoms with Crippen molar-refractivity contribution < 1.29 is 38.7 Å². The first-order valence-corrected chi connectivity index (χ1v) is 12.9. The number of amides is 2. The first kappa shape index (κ1) is 25.2. The van der Waals surface area contributed by atoms with Crippen molar-refractivity contribution in [3.05, 3.63) is 58.0 Å². The van der Waals surface area contributed by atoms with E-state index in [-0.39, 0.29) is 40.1 Å². The van der Waals surface area contributed by atoms with Gasteiger partial charge >= 0.3 is 17.6 Å². The van der Waals surface area contributed by atoms with Gasteiger partial charge < -0.3 is 26.1 Å². The number of oxime groups is 1. The molecule has 0 aromatic carbocycles. The fourth-order valence-corrected chi connectivity index (χ4v) is 6.27. The van der Waals surface area contributed by atoms with Crippen LogP contribution < -0.4 is 15.6 Å². The molecule has 2 aliphatic heterocycles. The van der Waals surface area contributed by atoms with Crippen LogP contribution in [0, 0.1) is 0 Å². The molecule has 0 aliphatic carbocycles. The van der Waals surface area contributed by atoms with Crippen LogP contribution >= 0.6 is 23.1 Å². The first-order chi connectivity index (χ1) is 18.2. The molecule has 0 saturated carbocycles. The Balaban J connectivity index is 1.39. The van der Waals surface area contributed by atoms with Crippen LogP contribution in [-0.2, 0) is 25.6 Å². The quantitative estimate of drug-likeness (QED) is 0.107. The van der Waals surface area contributed by atoms with Gasteiger partial charge in [0.2, 0.25) is 5.52 Å². The summed E-state index contributed by atoms with van der Waals surface area (Å²) < 4.78 is 1.40. The minimum absolute atomic E-state index is 0.0208. The Labute approximate surface area is 221 Å². The summed E-state index contributed by atoms with van der Waals surface area (Å²) in [5.74, 6) is -3.41. The van der Waals surface area contributed by atoms with Gasteiger partial charge in [-0.05, 0) is 11.6 Å². The number of aromatic carboxylic acids is 1. The van der Waals surface area contributed by atoms with Crippen LogP contribution in [0.5, 0.6) is 0 Å². The number of nitrogen functional groups attached to an aromatic ring is 1. The lowest BCUT2D eigenvalue weighted by molar-refractivity contribution is -0.579. The number of aromatic nitrogens is 3. The molecule has 1 saturated heterocycles. The van der Waals surface area contributed by atoms with Gasteiger partial charge in [-0.1, -0.05) is 9.67 Å². The highest BCUT2D eigenvalue weighted by Crippen LogP contribution is 2.41. The van der Waals surface area contributed by atoms with Crippen molar-refractivity contribution in [3.63, 3.8) is 0 Å². The van der Waals surface area contributed by atoms with Crippen LogP contribution in [0.2, 0.25) is 0 Å².